The van der Waals surface area contributed by atoms with Gasteiger partial charge in [-0.15, -0.1) is 24.0 Å². The Kier molecular flexibility index (Phi) is 10.4. The van der Waals surface area contributed by atoms with E-state index in [1.54, 1.807) is 38.4 Å². The lowest BCUT2D eigenvalue weighted by molar-refractivity contribution is 0.410. The Morgan fingerprint density at radius 3 is 1.86 bits per heavy atom. The van der Waals surface area contributed by atoms with Gasteiger partial charge in [0.1, 0.15) is 0 Å². The summed E-state index contributed by atoms with van der Waals surface area (Å²) >= 11 is 5.89. The Morgan fingerprint density at radius 2 is 1.45 bits per heavy atom. The van der Waals surface area contributed by atoms with Crippen molar-refractivity contribution in [2.24, 2.45) is 4.99 Å². The summed E-state index contributed by atoms with van der Waals surface area (Å²) in [5.41, 5.74) is 2.05. The number of nitrogens with one attached hydrogen (secondary N) is 2. The van der Waals surface area contributed by atoms with Gasteiger partial charge in [0.05, 0.1) is 4.90 Å². The van der Waals surface area contributed by atoms with E-state index in [-0.39, 0.29) is 34.9 Å². The van der Waals surface area contributed by atoms with E-state index in [0.29, 0.717) is 24.1 Å². The molecular formula is C20H28ClIN4O2S. The molecule has 0 saturated heterocycles. The molecule has 160 valence electrons. The summed E-state index contributed by atoms with van der Waals surface area (Å²) in [6.45, 7) is 4.84. The lowest BCUT2D eigenvalue weighted by atomic mass is 10.2. The average molecular weight is 551 g/mol. The van der Waals surface area contributed by atoms with Gasteiger partial charge in [-0.25, -0.2) is 8.42 Å². The van der Waals surface area contributed by atoms with Gasteiger partial charge in [-0.2, -0.15) is 4.31 Å². The van der Waals surface area contributed by atoms with E-state index < -0.39 is 10.0 Å². The molecule has 0 aromatic heterocycles. The molecular weight excluding hydrogens is 523 g/mol. The Balaban J connectivity index is 0.00000420. The fourth-order valence-electron chi connectivity index (χ4n) is 2.42. The van der Waals surface area contributed by atoms with E-state index in [1.807, 2.05) is 38.1 Å². The highest BCUT2D eigenvalue weighted by atomic mass is 127. The molecule has 0 atom stereocenters. The topological polar surface area (TPSA) is 73.8 Å². The molecule has 0 aliphatic heterocycles. The monoisotopic (exact) mass is 550 g/mol. The van der Waals surface area contributed by atoms with Crippen LogP contribution in [0.1, 0.15) is 25.0 Å². The van der Waals surface area contributed by atoms with Crippen molar-refractivity contribution >= 4 is 51.6 Å². The molecule has 2 rings (SSSR count). The molecule has 2 aromatic rings. The van der Waals surface area contributed by atoms with Gasteiger partial charge in [0, 0.05) is 38.2 Å². The fraction of sp³-hybridized carbons (Fsp3) is 0.350. The largest absolute Gasteiger partial charge is 0.352 e. The van der Waals surface area contributed by atoms with Crippen molar-refractivity contribution in [1.82, 2.24) is 14.9 Å². The van der Waals surface area contributed by atoms with Crippen LogP contribution in [0.5, 0.6) is 0 Å². The minimum atomic E-state index is -3.47. The van der Waals surface area contributed by atoms with Crippen LogP contribution in [0, 0.1) is 0 Å². The molecule has 0 unspecified atom stereocenters. The van der Waals surface area contributed by atoms with Gasteiger partial charge in [-0.3, -0.25) is 4.99 Å². The van der Waals surface area contributed by atoms with Crippen LogP contribution < -0.4 is 10.6 Å². The lowest BCUT2D eigenvalue weighted by Gasteiger charge is -2.21. The van der Waals surface area contributed by atoms with Crippen molar-refractivity contribution in [3.63, 3.8) is 0 Å². The average Bonchev–Trinajstić information content (AvgIpc) is 2.69. The lowest BCUT2D eigenvalue weighted by Crippen LogP contribution is -2.36. The van der Waals surface area contributed by atoms with E-state index in [9.17, 15) is 8.42 Å². The zero-order chi connectivity index (χ0) is 20.7. The number of sulfonamides is 1. The molecule has 0 aliphatic carbocycles. The van der Waals surface area contributed by atoms with Crippen LogP contribution in [-0.2, 0) is 23.1 Å². The van der Waals surface area contributed by atoms with Crippen LogP contribution in [0.15, 0.2) is 58.4 Å². The summed E-state index contributed by atoms with van der Waals surface area (Å²) in [5.74, 6) is 0.659. The third-order valence-electron chi connectivity index (χ3n) is 4.38. The van der Waals surface area contributed by atoms with E-state index in [4.69, 9.17) is 11.6 Å². The molecule has 2 aromatic carbocycles. The zero-order valence-corrected chi connectivity index (χ0v) is 20.9. The SMILES string of the molecule is CN=C(NCc1ccc(Cl)cc1)NCc1ccc(S(=O)(=O)N(C)C(C)C)cc1.I. The van der Waals surface area contributed by atoms with Crippen LogP contribution in [0.25, 0.3) is 0 Å². The van der Waals surface area contributed by atoms with Crippen LogP contribution in [0.2, 0.25) is 5.02 Å². The molecule has 0 spiro atoms. The summed E-state index contributed by atoms with van der Waals surface area (Å²) in [6.07, 6.45) is 0. The third-order valence-corrected chi connectivity index (χ3v) is 6.68. The number of aliphatic imine (C=N–C) groups is 1. The van der Waals surface area contributed by atoms with Gasteiger partial charge in [0.25, 0.3) is 0 Å². The first kappa shape index (κ1) is 25.7. The molecule has 0 fully saturated rings. The summed E-state index contributed by atoms with van der Waals surface area (Å²) in [5, 5.41) is 7.16. The number of rotatable bonds is 7. The standard InChI is InChI=1S/C20H27ClN4O2S.HI/c1-15(2)25(4)28(26,27)19-11-7-17(8-12-19)14-24-20(22-3)23-13-16-5-9-18(21)10-6-16;/h5-12,15H,13-14H2,1-4H3,(H2,22,23,24);1H. The highest BCUT2D eigenvalue weighted by Crippen LogP contribution is 2.17. The second kappa shape index (κ2) is 11.7. The number of benzene rings is 2. The number of halogens is 2. The molecule has 0 bridgehead atoms. The van der Waals surface area contributed by atoms with Crippen LogP contribution in [0.3, 0.4) is 0 Å². The maximum Gasteiger partial charge on any atom is 0.243 e. The second-order valence-electron chi connectivity index (χ2n) is 6.66. The number of hydrogen-bond donors (Lipinski definition) is 2. The van der Waals surface area contributed by atoms with Crippen molar-refractivity contribution in [1.29, 1.82) is 0 Å². The highest BCUT2D eigenvalue weighted by Gasteiger charge is 2.22. The number of hydrogen-bond acceptors (Lipinski definition) is 3. The maximum absolute atomic E-state index is 12.5. The van der Waals surface area contributed by atoms with Gasteiger partial charge in [-0.1, -0.05) is 35.9 Å². The predicted octanol–water partition coefficient (Wildman–Crippen LogP) is 3.85. The molecule has 9 heteroatoms. The Morgan fingerprint density at radius 1 is 1.00 bits per heavy atom. The normalized spacial score (nSPS) is 12.0. The molecule has 0 saturated carbocycles. The van der Waals surface area contributed by atoms with Crippen molar-refractivity contribution < 1.29 is 8.42 Å². The van der Waals surface area contributed by atoms with Gasteiger partial charge >= 0.3 is 0 Å². The quantitative estimate of drug-likeness (QED) is 0.312. The summed E-state index contributed by atoms with van der Waals surface area (Å²) in [6, 6.07) is 14.4. The molecule has 29 heavy (non-hydrogen) atoms. The first-order chi connectivity index (χ1) is 13.2. The van der Waals surface area contributed by atoms with Crippen LogP contribution in [-0.4, -0.2) is 38.8 Å². The second-order valence-corrected chi connectivity index (χ2v) is 9.10. The third kappa shape index (κ3) is 7.44. The molecule has 2 N–H and O–H groups in total. The molecule has 0 heterocycles. The van der Waals surface area contributed by atoms with Gasteiger partial charge < -0.3 is 10.6 Å². The zero-order valence-electron chi connectivity index (χ0n) is 17.0. The predicted molar refractivity (Wildman–Crippen MR) is 130 cm³/mol. The maximum atomic E-state index is 12.5. The van der Waals surface area contributed by atoms with Crippen LogP contribution >= 0.6 is 35.6 Å². The van der Waals surface area contributed by atoms with Gasteiger partial charge in [-0.05, 0) is 49.2 Å². The van der Waals surface area contributed by atoms with Crippen LogP contribution in [0.4, 0.5) is 0 Å². The smallest absolute Gasteiger partial charge is 0.243 e. The van der Waals surface area contributed by atoms with E-state index in [2.05, 4.69) is 15.6 Å². The fourth-order valence-corrected chi connectivity index (χ4v) is 3.91. The van der Waals surface area contributed by atoms with Crippen molar-refractivity contribution in [3.8, 4) is 0 Å². The Bertz CT molecular complexity index is 901. The Hall–Kier alpha value is -1.36. The number of guanidine groups is 1. The minimum Gasteiger partial charge on any atom is -0.352 e. The van der Waals surface area contributed by atoms with Gasteiger partial charge in [0.2, 0.25) is 10.0 Å². The van der Waals surface area contributed by atoms with Crippen molar-refractivity contribution in [2.45, 2.75) is 37.9 Å². The molecule has 0 aliphatic rings. The van der Waals surface area contributed by atoms with E-state index in [1.165, 1.54) is 4.31 Å². The summed E-state index contributed by atoms with van der Waals surface area (Å²) in [4.78, 5) is 4.49. The van der Waals surface area contributed by atoms with E-state index >= 15 is 0 Å². The number of nitrogens with zero attached hydrogens (tertiary/aromatic N) is 2. The van der Waals surface area contributed by atoms with Crippen molar-refractivity contribution in [2.75, 3.05) is 14.1 Å². The Labute approximate surface area is 195 Å². The first-order valence-corrected chi connectivity index (χ1v) is 10.8. The van der Waals surface area contributed by atoms with Gasteiger partial charge in [0.15, 0.2) is 5.96 Å². The first-order valence-electron chi connectivity index (χ1n) is 9.00. The van der Waals surface area contributed by atoms with Crippen molar-refractivity contribution in [3.05, 3.63) is 64.7 Å². The van der Waals surface area contributed by atoms with E-state index in [0.717, 1.165) is 11.1 Å². The summed E-state index contributed by atoms with van der Waals surface area (Å²) in [7, 11) is -0.174. The molecule has 0 amide bonds. The minimum absolute atomic E-state index is 0. The molecule has 0 radical (unpaired) electrons. The summed E-state index contributed by atoms with van der Waals surface area (Å²) < 4.78 is 26.4. The highest BCUT2D eigenvalue weighted by molar-refractivity contribution is 14.0. The molecule has 6 nitrogen and oxygen atoms in total.